The number of amides is 1. The highest BCUT2D eigenvalue weighted by Gasteiger charge is 2.48. The summed E-state index contributed by atoms with van der Waals surface area (Å²) in [6, 6.07) is 6.33. The van der Waals surface area contributed by atoms with Crippen molar-refractivity contribution in [1.82, 2.24) is 0 Å². The Balaban J connectivity index is 1.63. The number of hydrogen-bond acceptors (Lipinski definition) is 2. The van der Waals surface area contributed by atoms with Crippen LogP contribution in [0.4, 0.5) is 18.9 Å². The predicted octanol–water partition coefficient (Wildman–Crippen LogP) is 5.20. The second kappa shape index (κ2) is 7.12. The summed E-state index contributed by atoms with van der Waals surface area (Å²) in [5.74, 6) is 1.69. The Morgan fingerprint density at radius 2 is 1.77 bits per heavy atom. The molecule has 0 radical (unpaired) electrons. The van der Waals surface area contributed by atoms with Crippen LogP contribution < -0.4 is 9.64 Å². The minimum Gasteiger partial charge on any atom is -0.484 e. The Kier molecular flexibility index (Phi) is 5.22. The molecule has 144 valence electrons. The topological polar surface area (TPSA) is 29.5 Å². The molecule has 1 spiro atoms. The second-order valence-electron chi connectivity index (χ2n) is 7.97. The van der Waals surface area contributed by atoms with Gasteiger partial charge in [-0.15, -0.1) is 0 Å². The van der Waals surface area contributed by atoms with Crippen molar-refractivity contribution in [3.8, 4) is 5.75 Å². The molecule has 0 N–H and O–H groups in total. The van der Waals surface area contributed by atoms with Gasteiger partial charge in [0.05, 0.1) is 5.41 Å². The number of nitrogens with zero attached hydrogens (tertiary/aromatic N) is 1. The van der Waals surface area contributed by atoms with E-state index in [4.69, 9.17) is 4.74 Å². The van der Waals surface area contributed by atoms with Crippen LogP contribution in [0.2, 0.25) is 0 Å². The summed E-state index contributed by atoms with van der Waals surface area (Å²) in [7, 11) is 0. The van der Waals surface area contributed by atoms with Gasteiger partial charge in [-0.25, -0.2) is 0 Å². The van der Waals surface area contributed by atoms with E-state index in [2.05, 4.69) is 13.8 Å². The lowest BCUT2D eigenvalue weighted by molar-refractivity contribution is -0.153. The second-order valence-corrected chi connectivity index (χ2v) is 7.97. The molecule has 6 heteroatoms. The van der Waals surface area contributed by atoms with E-state index in [9.17, 15) is 18.0 Å². The van der Waals surface area contributed by atoms with E-state index < -0.39 is 12.8 Å². The molecular weight excluding hydrogens is 343 g/mol. The lowest BCUT2D eigenvalue weighted by Gasteiger charge is -2.37. The number of halogens is 3. The zero-order chi connectivity index (χ0) is 18.9. The monoisotopic (exact) mass is 369 g/mol. The standard InChI is InChI=1S/C20H26F3NO2/c1-14(2)15-7-9-19(10-8-15)11-12-24(18(19)25)16-3-5-17(6-4-16)26-13-20(21,22)23/h3-6,14-15H,7-13H2,1-2H3. The van der Waals surface area contributed by atoms with E-state index >= 15 is 0 Å². The van der Waals surface area contributed by atoms with Crippen molar-refractivity contribution in [2.24, 2.45) is 17.3 Å². The first kappa shape index (κ1) is 19.1. The molecule has 0 unspecified atom stereocenters. The molecule has 1 saturated carbocycles. The molecule has 0 bridgehead atoms. The van der Waals surface area contributed by atoms with Crippen LogP contribution in [0.25, 0.3) is 0 Å². The fourth-order valence-corrected chi connectivity index (χ4v) is 4.28. The zero-order valence-corrected chi connectivity index (χ0v) is 15.3. The minimum absolute atomic E-state index is 0.157. The average molecular weight is 369 g/mol. The van der Waals surface area contributed by atoms with Gasteiger partial charge >= 0.3 is 6.18 Å². The van der Waals surface area contributed by atoms with Crippen LogP contribution in [0.15, 0.2) is 24.3 Å². The molecule has 26 heavy (non-hydrogen) atoms. The Hall–Kier alpha value is -1.72. The van der Waals surface area contributed by atoms with Crippen LogP contribution in [0, 0.1) is 17.3 Å². The molecule has 1 aromatic carbocycles. The number of anilines is 1. The summed E-state index contributed by atoms with van der Waals surface area (Å²) in [6.07, 6.45) is 0.590. The molecular formula is C20H26F3NO2. The lowest BCUT2D eigenvalue weighted by atomic mass is 9.67. The zero-order valence-electron chi connectivity index (χ0n) is 15.3. The van der Waals surface area contributed by atoms with E-state index in [0.29, 0.717) is 18.4 Å². The molecule has 1 heterocycles. The van der Waals surface area contributed by atoms with E-state index in [0.717, 1.165) is 37.8 Å². The predicted molar refractivity (Wildman–Crippen MR) is 94.2 cm³/mol. The number of rotatable bonds is 4. The molecule has 1 saturated heterocycles. The highest BCUT2D eigenvalue weighted by molar-refractivity contribution is 6.00. The van der Waals surface area contributed by atoms with Crippen LogP contribution in [0.5, 0.6) is 5.75 Å². The fourth-order valence-electron chi connectivity index (χ4n) is 4.28. The van der Waals surface area contributed by atoms with Gasteiger partial charge in [0, 0.05) is 12.2 Å². The van der Waals surface area contributed by atoms with Gasteiger partial charge in [-0.05, 0) is 68.2 Å². The summed E-state index contributed by atoms with van der Waals surface area (Å²) >= 11 is 0. The van der Waals surface area contributed by atoms with Crippen molar-refractivity contribution in [2.45, 2.75) is 52.1 Å². The third kappa shape index (κ3) is 3.99. The van der Waals surface area contributed by atoms with Crippen molar-refractivity contribution >= 4 is 11.6 Å². The first-order valence-corrected chi connectivity index (χ1v) is 9.32. The quantitative estimate of drug-likeness (QED) is 0.730. The van der Waals surface area contributed by atoms with E-state index in [-0.39, 0.29) is 17.1 Å². The van der Waals surface area contributed by atoms with Crippen molar-refractivity contribution < 1.29 is 22.7 Å². The molecule has 2 fully saturated rings. The Labute approximate surface area is 152 Å². The first-order chi connectivity index (χ1) is 12.2. The molecule has 3 nitrogen and oxygen atoms in total. The van der Waals surface area contributed by atoms with Gasteiger partial charge in [0.1, 0.15) is 5.75 Å². The summed E-state index contributed by atoms with van der Waals surface area (Å²) < 4.78 is 41.4. The smallest absolute Gasteiger partial charge is 0.422 e. The average Bonchev–Trinajstić information content (AvgIpc) is 2.90. The molecule has 1 aromatic rings. The largest absolute Gasteiger partial charge is 0.484 e. The molecule has 0 aromatic heterocycles. The van der Waals surface area contributed by atoms with Crippen molar-refractivity contribution in [3.05, 3.63) is 24.3 Å². The van der Waals surface area contributed by atoms with Gasteiger partial charge in [0.15, 0.2) is 6.61 Å². The van der Waals surface area contributed by atoms with Crippen LogP contribution in [-0.4, -0.2) is 25.2 Å². The first-order valence-electron chi connectivity index (χ1n) is 9.32. The van der Waals surface area contributed by atoms with Crippen LogP contribution in [0.3, 0.4) is 0 Å². The number of alkyl halides is 3. The molecule has 0 atom stereocenters. The molecule has 1 aliphatic carbocycles. The third-order valence-corrected chi connectivity index (χ3v) is 5.99. The lowest BCUT2D eigenvalue weighted by Crippen LogP contribution is -2.38. The molecule has 2 aliphatic rings. The van der Waals surface area contributed by atoms with Crippen LogP contribution in [0.1, 0.15) is 46.0 Å². The summed E-state index contributed by atoms with van der Waals surface area (Å²) in [6.45, 7) is 3.85. The fraction of sp³-hybridized carbons (Fsp3) is 0.650. The molecule has 1 amide bonds. The number of benzene rings is 1. The van der Waals surface area contributed by atoms with E-state index in [1.54, 1.807) is 17.0 Å². The van der Waals surface area contributed by atoms with Gasteiger partial charge in [0.2, 0.25) is 5.91 Å². The number of ether oxygens (including phenoxy) is 1. The van der Waals surface area contributed by atoms with Crippen molar-refractivity contribution in [2.75, 3.05) is 18.1 Å². The molecule has 1 aliphatic heterocycles. The van der Waals surface area contributed by atoms with Gasteiger partial charge < -0.3 is 9.64 Å². The highest BCUT2D eigenvalue weighted by atomic mass is 19.4. The maximum absolute atomic E-state index is 13.0. The summed E-state index contributed by atoms with van der Waals surface area (Å²) in [4.78, 5) is 14.8. The number of carbonyl (C=O) groups is 1. The van der Waals surface area contributed by atoms with Gasteiger partial charge in [-0.1, -0.05) is 13.8 Å². The molecule has 3 rings (SSSR count). The van der Waals surface area contributed by atoms with Crippen molar-refractivity contribution in [1.29, 1.82) is 0 Å². The maximum atomic E-state index is 13.0. The Bertz CT molecular complexity index is 631. The third-order valence-electron chi connectivity index (χ3n) is 5.99. The minimum atomic E-state index is -4.36. The van der Waals surface area contributed by atoms with E-state index in [1.165, 1.54) is 12.1 Å². The van der Waals surface area contributed by atoms with Gasteiger partial charge in [-0.3, -0.25) is 4.79 Å². The van der Waals surface area contributed by atoms with E-state index in [1.807, 2.05) is 0 Å². The summed E-state index contributed by atoms with van der Waals surface area (Å²) in [5.41, 5.74) is 0.494. The highest BCUT2D eigenvalue weighted by Crippen LogP contribution is 2.48. The summed E-state index contributed by atoms with van der Waals surface area (Å²) in [5, 5.41) is 0. The number of carbonyl (C=O) groups excluding carboxylic acids is 1. The van der Waals surface area contributed by atoms with Gasteiger partial charge in [0.25, 0.3) is 0 Å². The van der Waals surface area contributed by atoms with Crippen LogP contribution in [-0.2, 0) is 4.79 Å². The number of hydrogen-bond donors (Lipinski definition) is 0. The SMILES string of the molecule is CC(C)C1CCC2(CC1)CCN(c1ccc(OCC(F)(F)F)cc1)C2=O. The normalized spacial score (nSPS) is 26.8. The van der Waals surface area contributed by atoms with Crippen molar-refractivity contribution in [3.63, 3.8) is 0 Å². The maximum Gasteiger partial charge on any atom is 0.422 e. The van der Waals surface area contributed by atoms with Crippen LogP contribution >= 0.6 is 0 Å². The van der Waals surface area contributed by atoms with Gasteiger partial charge in [-0.2, -0.15) is 13.2 Å². The Morgan fingerprint density at radius 1 is 1.15 bits per heavy atom. The Morgan fingerprint density at radius 3 is 2.31 bits per heavy atom.